The quantitative estimate of drug-likeness (QED) is 0.328. The lowest BCUT2D eigenvalue weighted by atomic mass is 9.94. The van der Waals surface area contributed by atoms with Crippen LogP contribution in [0.25, 0.3) is 5.76 Å². The van der Waals surface area contributed by atoms with E-state index in [9.17, 15) is 14.7 Å². The molecular weight excluding hydrogens is 434 g/mol. The zero-order valence-electron chi connectivity index (χ0n) is 19.4. The summed E-state index contributed by atoms with van der Waals surface area (Å²) in [4.78, 5) is 28.2. The van der Waals surface area contributed by atoms with Crippen molar-refractivity contribution >= 4 is 23.1 Å². The van der Waals surface area contributed by atoms with Crippen molar-refractivity contribution in [2.75, 3.05) is 26.2 Å². The number of Topliss-reactive ketones (excluding diaryl/α,β-unsaturated/α-hetero) is 1. The summed E-state index contributed by atoms with van der Waals surface area (Å²) < 4.78 is 16.1. The predicted molar refractivity (Wildman–Crippen MR) is 129 cm³/mol. The molecule has 1 aliphatic rings. The van der Waals surface area contributed by atoms with Gasteiger partial charge in [0, 0.05) is 5.69 Å². The largest absolute Gasteiger partial charge is 0.507 e. The summed E-state index contributed by atoms with van der Waals surface area (Å²) in [5, 5.41) is 11.4. The molecule has 0 spiro atoms. The van der Waals surface area contributed by atoms with Crippen molar-refractivity contribution in [1.29, 1.82) is 0 Å². The molecular formula is C27H25NO6. The van der Waals surface area contributed by atoms with Gasteiger partial charge in [0.2, 0.25) is 0 Å². The number of carbonyl (C=O) groups is 2. The Labute approximate surface area is 197 Å². The van der Waals surface area contributed by atoms with Gasteiger partial charge in [0.1, 0.15) is 23.0 Å². The van der Waals surface area contributed by atoms with E-state index in [0.717, 1.165) is 5.56 Å². The Bertz CT molecular complexity index is 1300. The molecule has 1 unspecified atom stereocenters. The van der Waals surface area contributed by atoms with E-state index in [-0.39, 0.29) is 16.9 Å². The summed E-state index contributed by atoms with van der Waals surface area (Å²) in [7, 11) is 4.50. The van der Waals surface area contributed by atoms with Crippen LogP contribution in [0.4, 0.5) is 5.69 Å². The van der Waals surface area contributed by atoms with Crippen LogP contribution in [0.2, 0.25) is 0 Å². The average molecular weight is 459 g/mol. The molecule has 1 aliphatic heterocycles. The van der Waals surface area contributed by atoms with Gasteiger partial charge in [0.25, 0.3) is 11.7 Å². The Balaban J connectivity index is 2.02. The lowest BCUT2D eigenvalue weighted by molar-refractivity contribution is -0.132. The van der Waals surface area contributed by atoms with Crippen LogP contribution in [0.5, 0.6) is 17.2 Å². The number of hydrogen-bond acceptors (Lipinski definition) is 6. The third kappa shape index (κ3) is 3.85. The molecule has 1 saturated heterocycles. The first kappa shape index (κ1) is 22.9. The first-order valence-corrected chi connectivity index (χ1v) is 10.6. The van der Waals surface area contributed by atoms with E-state index in [4.69, 9.17) is 14.2 Å². The number of aliphatic hydroxyl groups is 1. The van der Waals surface area contributed by atoms with Crippen molar-refractivity contribution in [1.82, 2.24) is 0 Å². The Kier molecular flexibility index (Phi) is 6.27. The molecule has 7 heteroatoms. The van der Waals surface area contributed by atoms with Gasteiger partial charge in [-0.2, -0.15) is 0 Å². The van der Waals surface area contributed by atoms with Crippen LogP contribution in [-0.2, 0) is 9.59 Å². The molecule has 34 heavy (non-hydrogen) atoms. The van der Waals surface area contributed by atoms with Crippen molar-refractivity contribution in [3.63, 3.8) is 0 Å². The number of nitrogens with zero attached hydrogens (tertiary/aromatic N) is 1. The number of ether oxygens (including phenoxy) is 3. The third-order valence-electron chi connectivity index (χ3n) is 5.89. The Morgan fingerprint density at radius 1 is 0.853 bits per heavy atom. The van der Waals surface area contributed by atoms with Gasteiger partial charge in [0.15, 0.2) is 0 Å². The fourth-order valence-corrected chi connectivity index (χ4v) is 4.19. The zero-order valence-corrected chi connectivity index (χ0v) is 19.4. The molecule has 7 nitrogen and oxygen atoms in total. The summed E-state index contributed by atoms with van der Waals surface area (Å²) >= 11 is 0. The van der Waals surface area contributed by atoms with Crippen molar-refractivity contribution < 1.29 is 28.9 Å². The van der Waals surface area contributed by atoms with Crippen molar-refractivity contribution in [2.45, 2.75) is 13.0 Å². The van der Waals surface area contributed by atoms with E-state index < -0.39 is 17.7 Å². The van der Waals surface area contributed by atoms with Gasteiger partial charge < -0.3 is 19.3 Å². The SMILES string of the molecule is COc1cccc(C2/C(=C(\O)c3cc(OC)ccc3OC)C(=O)C(=O)N2c2ccccc2C)c1. The lowest BCUT2D eigenvalue weighted by Gasteiger charge is -2.27. The molecule has 0 aromatic heterocycles. The van der Waals surface area contributed by atoms with E-state index in [1.165, 1.54) is 19.1 Å². The van der Waals surface area contributed by atoms with Crippen LogP contribution >= 0.6 is 0 Å². The first-order valence-electron chi connectivity index (χ1n) is 10.6. The fraction of sp³-hybridized carbons (Fsp3) is 0.185. The monoisotopic (exact) mass is 459 g/mol. The number of ketones is 1. The predicted octanol–water partition coefficient (Wildman–Crippen LogP) is 4.65. The summed E-state index contributed by atoms with van der Waals surface area (Å²) in [5.41, 5.74) is 2.21. The molecule has 0 bridgehead atoms. The Hall–Kier alpha value is -4.26. The van der Waals surface area contributed by atoms with Crippen LogP contribution in [0, 0.1) is 6.92 Å². The smallest absolute Gasteiger partial charge is 0.300 e. The topological polar surface area (TPSA) is 85.3 Å². The summed E-state index contributed by atoms with van der Waals surface area (Å²) in [6.45, 7) is 1.86. The molecule has 0 saturated carbocycles. The number of benzene rings is 3. The van der Waals surface area contributed by atoms with Crippen LogP contribution in [-0.4, -0.2) is 38.1 Å². The van der Waals surface area contributed by atoms with Gasteiger partial charge in [-0.15, -0.1) is 0 Å². The fourth-order valence-electron chi connectivity index (χ4n) is 4.19. The van der Waals surface area contributed by atoms with E-state index in [0.29, 0.717) is 28.5 Å². The molecule has 1 atom stereocenters. The highest BCUT2D eigenvalue weighted by Gasteiger charge is 2.47. The molecule has 4 rings (SSSR count). The minimum atomic E-state index is -0.882. The maximum atomic E-state index is 13.4. The number of amides is 1. The minimum Gasteiger partial charge on any atom is -0.507 e. The Morgan fingerprint density at radius 3 is 2.24 bits per heavy atom. The maximum absolute atomic E-state index is 13.4. The van der Waals surface area contributed by atoms with Crippen LogP contribution in [0.3, 0.4) is 0 Å². The molecule has 174 valence electrons. The van der Waals surface area contributed by atoms with Gasteiger partial charge in [-0.1, -0.05) is 30.3 Å². The normalized spacial score (nSPS) is 17.1. The summed E-state index contributed by atoms with van der Waals surface area (Å²) in [6.07, 6.45) is 0. The van der Waals surface area contributed by atoms with Gasteiger partial charge >= 0.3 is 0 Å². The molecule has 1 N–H and O–H groups in total. The highest BCUT2D eigenvalue weighted by Crippen LogP contribution is 2.45. The number of aliphatic hydroxyl groups excluding tert-OH is 1. The molecule has 3 aromatic carbocycles. The Morgan fingerprint density at radius 2 is 1.56 bits per heavy atom. The standard InChI is InChI=1S/C27H25NO6/c1-16-8-5-6-11-21(16)28-24(17-9-7-10-18(14-17)32-2)23(26(30)27(28)31)25(29)20-15-19(33-3)12-13-22(20)34-4/h5-15,24,29H,1-4H3/b25-23+. The molecule has 1 fully saturated rings. The van der Waals surface area contributed by atoms with Gasteiger partial charge in [-0.3, -0.25) is 14.5 Å². The summed E-state index contributed by atoms with van der Waals surface area (Å²) in [5.74, 6) is -0.507. The molecule has 0 radical (unpaired) electrons. The van der Waals surface area contributed by atoms with E-state index in [1.807, 2.05) is 19.1 Å². The van der Waals surface area contributed by atoms with E-state index in [2.05, 4.69) is 0 Å². The van der Waals surface area contributed by atoms with Crippen LogP contribution in [0.15, 0.2) is 72.3 Å². The molecule has 0 aliphatic carbocycles. The molecule has 1 heterocycles. The number of anilines is 1. The van der Waals surface area contributed by atoms with Crippen molar-refractivity contribution in [2.24, 2.45) is 0 Å². The lowest BCUT2D eigenvalue weighted by Crippen LogP contribution is -2.30. The number of carbonyl (C=O) groups excluding carboxylic acids is 2. The highest BCUT2D eigenvalue weighted by molar-refractivity contribution is 6.51. The number of aryl methyl sites for hydroxylation is 1. The summed E-state index contributed by atoms with van der Waals surface area (Å²) in [6, 6.07) is 18.4. The third-order valence-corrected chi connectivity index (χ3v) is 5.89. The van der Waals surface area contributed by atoms with Crippen LogP contribution in [0.1, 0.15) is 22.7 Å². The second kappa shape index (κ2) is 9.31. The molecule has 1 amide bonds. The first-order chi connectivity index (χ1) is 16.4. The van der Waals surface area contributed by atoms with Gasteiger partial charge in [0.05, 0.1) is 38.5 Å². The molecule has 3 aromatic rings. The van der Waals surface area contributed by atoms with E-state index >= 15 is 0 Å². The van der Waals surface area contributed by atoms with Gasteiger partial charge in [-0.05, 0) is 54.4 Å². The number of para-hydroxylation sites is 1. The van der Waals surface area contributed by atoms with Crippen molar-refractivity contribution in [3.8, 4) is 17.2 Å². The van der Waals surface area contributed by atoms with Crippen LogP contribution < -0.4 is 19.1 Å². The highest BCUT2D eigenvalue weighted by atomic mass is 16.5. The van der Waals surface area contributed by atoms with Crippen molar-refractivity contribution in [3.05, 3.63) is 89.0 Å². The minimum absolute atomic E-state index is 0.0481. The maximum Gasteiger partial charge on any atom is 0.300 e. The van der Waals surface area contributed by atoms with Gasteiger partial charge in [-0.25, -0.2) is 0 Å². The van der Waals surface area contributed by atoms with E-state index in [1.54, 1.807) is 61.7 Å². The number of hydrogen-bond donors (Lipinski definition) is 1. The average Bonchev–Trinajstić information content (AvgIpc) is 3.13. The second-order valence-corrected chi connectivity index (χ2v) is 7.80. The number of methoxy groups -OCH3 is 3. The number of rotatable bonds is 6. The zero-order chi connectivity index (χ0) is 24.4. The second-order valence-electron chi connectivity index (χ2n) is 7.80.